The highest BCUT2D eigenvalue weighted by Gasteiger charge is 2.09. The number of aromatic nitrogens is 4. The van der Waals surface area contributed by atoms with E-state index in [0.29, 0.717) is 18.1 Å². The zero-order valence-corrected chi connectivity index (χ0v) is 16.8. The highest BCUT2D eigenvalue weighted by Crippen LogP contribution is 2.25. The summed E-state index contributed by atoms with van der Waals surface area (Å²) < 4.78 is 10.7. The first kappa shape index (κ1) is 19.0. The Labute approximate surface area is 173 Å². The number of hydrogen-bond acceptors (Lipinski definition) is 6. The fourth-order valence-corrected chi connectivity index (χ4v) is 3.23. The summed E-state index contributed by atoms with van der Waals surface area (Å²) in [5, 5.41) is 3.70. The zero-order valence-electron chi connectivity index (χ0n) is 16.1. The second kappa shape index (κ2) is 8.36. The number of rotatable bonds is 7. The van der Waals surface area contributed by atoms with Gasteiger partial charge in [0.05, 0.1) is 20.4 Å². The summed E-state index contributed by atoms with van der Waals surface area (Å²) in [4.78, 5) is 16.2. The number of aromatic amines is 1. The molecule has 3 aromatic heterocycles. The normalized spacial score (nSPS) is 10.9. The van der Waals surface area contributed by atoms with Gasteiger partial charge in [0.15, 0.2) is 5.65 Å². The first-order valence-corrected chi connectivity index (χ1v) is 9.42. The van der Waals surface area contributed by atoms with Crippen LogP contribution in [-0.4, -0.2) is 34.2 Å². The Bertz CT molecular complexity index is 1130. The third-order valence-corrected chi connectivity index (χ3v) is 4.79. The van der Waals surface area contributed by atoms with Gasteiger partial charge in [-0.15, -0.1) is 0 Å². The highest BCUT2D eigenvalue weighted by atomic mass is 35.5. The van der Waals surface area contributed by atoms with Gasteiger partial charge in [0.1, 0.15) is 28.0 Å². The van der Waals surface area contributed by atoms with E-state index < -0.39 is 0 Å². The molecule has 3 heterocycles. The van der Waals surface area contributed by atoms with Crippen molar-refractivity contribution in [1.82, 2.24) is 19.9 Å². The number of pyridine rings is 1. The van der Waals surface area contributed by atoms with Crippen LogP contribution in [0.2, 0.25) is 5.15 Å². The van der Waals surface area contributed by atoms with Crippen molar-refractivity contribution in [2.75, 3.05) is 19.5 Å². The van der Waals surface area contributed by atoms with Crippen LogP contribution in [0, 0.1) is 0 Å². The zero-order chi connectivity index (χ0) is 20.2. The Kier molecular flexibility index (Phi) is 5.48. The lowest BCUT2D eigenvalue weighted by Crippen LogP contribution is -2.03. The van der Waals surface area contributed by atoms with Crippen LogP contribution < -0.4 is 14.8 Å². The Morgan fingerprint density at radius 1 is 1.03 bits per heavy atom. The van der Waals surface area contributed by atoms with Crippen LogP contribution in [0.15, 0.2) is 48.9 Å². The molecule has 0 atom stereocenters. The van der Waals surface area contributed by atoms with Crippen molar-refractivity contribution in [3.8, 4) is 11.5 Å². The predicted octanol–water partition coefficient (Wildman–Crippen LogP) is 4.23. The van der Waals surface area contributed by atoms with Crippen molar-refractivity contribution in [3.63, 3.8) is 0 Å². The number of benzene rings is 1. The Morgan fingerprint density at radius 2 is 1.93 bits per heavy atom. The molecular weight excluding hydrogens is 390 g/mol. The minimum atomic E-state index is 0.380. The third kappa shape index (κ3) is 4.25. The summed E-state index contributed by atoms with van der Waals surface area (Å²) >= 11 is 5.97. The number of halogens is 1. The molecule has 29 heavy (non-hydrogen) atoms. The van der Waals surface area contributed by atoms with Gasteiger partial charge in [0, 0.05) is 42.6 Å². The highest BCUT2D eigenvalue weighted by molar-refractivity contribution is 6.29. The van der Waals surface area contributed by atoms with Crippen LogP contribution in [0.4, 0.5) is 5.82 Å². The van der Waals surface area contributed by atoms with Gasteiger partial charge in [-0.25, -0.2) is 15.0 Å². The lowest BCUT2D eigenvalue weighted by Gasteiger charge is -2.12. The molecule has 4 aromatic rings. The van der Waals surface area contributed by atoms with E-state index in [1.54, 1.807) is 14.2 Å². The molecule has 0 radical (unpaired) electrons. The molecule has 0 fully saturated rings. The van der Waals surface area contributed by atoms with Crippen molar-refractivity contribution < 1.29 is 9.47 Å². The minimum Gasteiger partial charge on any atom is -0.497 e. The van der Waals surface area contributed by atoms with Crippen molar-refractivity contribution in [1.29, 1.82) is 0 Å². The Morgan fingerprint density at radius 3 is 2.69 bits per heavy atom. The third-order valence-electron chi connectivity index (χ3n) is 4.60. The lowest BCUT2D eigenvalue weighted by atomic mass is 10.1. The smallest absolute Gasteiger partial charge is 0.156 e. The molecular formula is C21H20ClN5O2. The molecule has 148 valence electrons. The SMILES string of the molecule is COc1ccc(CNc2ccc(Cc3c[nH]c4ncc(Cl)nc34)cn2)c(OC)c1. The second-order valence-corrected chi connectivity index (χ2v) is 6.85. The van der Waals surface area contributed by atoms with Crippen LogP contribution in [0.5, 0.6) is 11.5 Å². The maximum absolute atomic E-state index is 5.97. The van der Waals surface area contributed by atoms with Crippen LogP contribution in [0.3, 0.4) is 0 Å². The number of fused-ring (bicyclic) bond motifs is 1. The Balaban J connectivity index is 1.43. The van der Waals surface area contributed by atoms with E-state index in [1.807, 2.05) is 42.7 Å². The van der Waals surface area contributed by atoms with Crippen molar-refractivity contribution in [2.45, 2.75) is 13.0 Å². The van der Waals surface area contributed by atoms with E-state index in [9.17, 15) is 0 Å². The molecule has 8 heteroatoms. The first-order valence-electron chi connectivity index (χ1n) is 9.04. The van der Waals surface area contributed by atoms with Gasteiger partial charge in [0.2, 0.25) is 0 Å². The van der Waals surface area contributed by atoms with E-state index in [-0.39, 0.29) is 0 Å². The maximum atomic E-state index is 5.97. The van der Waals surface area contributed by atoms with Gasteiger partial charge in [0.25, 0.3) is 0 Å². The summed E-state index contributed by atoms with van der Waals surface area (Å²) in [6, 6.07) is 9.74. The quantitative estimate of drug-likeness (QED) is 0.475. The van der Waals surface area contributed by atoms with Crippen molar-refractivity contribution in [2.24, 2.45) is 0 Å². The molecule has 0 bridgehead atoms. The van der Waals surface area contributed by atoms with Crippen LogP contribution in [0.1, 0.15) is 16.7 Å². The van der Waals surface area contributed by atoms with E-state index in [1.165, 1.54) is 6.20 Å². The largest absolute Gasteiger partial charge is 0.497 e. The van der Waals surface area contributed by atoms with E-state index in [2.05, 4.69) is 25.3 Å². The standard InChI is InChI=1S/C21H20ClN5O2/c1-28-16-5-4-14(17(8-16)29-2)10-24-19-6-3-13(9-23-19)7-15-11-25-21-20(15)27-18(22)12-26-21/h3-6,8-9,11-12H,7,10H2,1-2H3,(H,23,24)(H,25,26). The van der Waals surface area contributed by atoms with Gasteiger partial charge in [-0.3, -0.25) is 0 Å². The molecule has 4 rings (SSSR count). The number of hydrogen-bond donors (Lipinski definition) is 2. The molecule has 0 saturated carbocycles. The van der Waals surface area contributed by atoms with Gasteiger partial charge in [-0.2, -0.15) is 0 Å². The summed E-state index contributed by atoms with van der Waals surface area (Å²) in [5.74, 6) is 2.32. The van der Waals surface area contributed by atoms with E-state index >= 15 is 0 Å². The number of methoxy groups -OCH3 is 2. The molecule has 0 amide bonds. The van der Waals surface area contributed by atoms with Crippen molar-refractivity contribution >= 4 is 28.6 Å². The Hall–Kier alpha value is -3.32. The van der Waals surface area contributed by atoms with Gasteiger partial charge >= 0.3 is 0 Å². The summed E-state index contributed by atoms with van der Waals surface area (Å²) in [7, 11) is 3.28. The minimum absolute atomic E-state index is 0.380. The molecule has 2 N–H and O–H groups in total. The monoisotopic (exact) mass is 409 g/mol. The molecule has 7 nitrogen and oxygen atoms in total. The van der Waals surface area contributed by atoms with Crippen LogP contribution in [-0.2, 0) is 13.0 Å². The molecule has 0 saturated heterocycles. The van der Waals surface area contributed by atoms with Crippen molar-refractivity contribution in [3.05, 3.63) is 70.8 Å². The predicted molar refractivity (Wildman–Crippen MR) is 113 cm³/mol. The molecule has 0 spiro atoms. The lowest BCUT2D eigenvalue weighted by molar-refractivity contribution is 0.391. The number of anilines is 1. The number of H-pyrrole nitrogens is 1. The summed E-state index contributed by atoms with van der Waals surface area (Å²) in [6.07, 6.45) is 5.98. The van der Waals surface area contributed by atoms with Gasteiger partial charge < -0.3 is 19.8 Å². The average molecular weight is 410 g/mol. The summed E-state index contributed by atoms with van der Waals surface area (Å²) in [5.41, 5.74) is 4.63. The average Bonchev–Trinajstić information content (AvgIpc) is 3.15. The molecule has 0 aliphatic heterocycles. The number of nitrogens with zero attached hydrogens (tertiary/aromatic N) is 3. The number of ether oxygens (including phenoxy) is 2. The second-order valence-electron chi connectivity index (χ2n) is 6.46. The summed E-state index contributed by atoms with van der Waals surface area (Å²) in [6.45, 7) is 0.593. The maximum Gasteiger partial charge on any atom is 0.156 e. The van der Waals surface area contributed by atoms with E-state index in [0.717, 1.165) is 45.2 Å². The van der Waals surface area contributed by atoms with E-state index in [4.69, 9.17) is 21.1 Å². The van der Waals surface area contributed by atoms with Gasteiger partial charge in [-0.1, -0.05) is 17.7 Å². The van der Waals surface area contributed by atoms with Gasteiger partial charge in [-0.05, 0) is 23.8 Å². The fourth-order valence-electron chi connectivity index (χ4n) is 3.09. The first-order chi connectivity index (χ1) is 14.2. The van der Waals surface area contributed by atoms with Crippen LogP contribution in [0.25, 0.3) is 11.2 Å². The molecule has 0 aliphatic rings. The van der Waals surface area contributed by atoms with Crippen LogP contribution >= 0.6 is 11.6 Å². The fraction of sp³-hybridized carbons (Fsp3) is 0.190. The molecule has 1 aromatic carbocycles. The molecule has 0 aliphatic carbocycles. The molecule has 0 unspecified atom stereocenters. The topological polar surface area (TPSA) is 85.0 Å². The number of nitrogens with one attached hydrogen (secondary N) is 2.